The third-order valence-corrected chi connectivity index (χ3v) is 3.54. The van der Waals surface area contributed by atoms with Gasteiger partial charge in [-0.2, -0.15) is 5.10 Å². The van der Waals surface area contributed by atoms with Crippen LogP contribution in [0, 0.1) is 5.92 Å². The van der Waals surface area contributed by atoms with Crippen molar-refractivity contribution >= 4 is 35.5 Å². The lowest BCUT2D eigenvalue weighted by atomic mass is 10.1. The van der Waals surface area contributed by atoms with Crippen molar-refractivity contribution in [1.29, 1.82) is 0 Å². The number of nitrogens with zero attached hydrogens (tertiary/aromatic N) is 1. The van der Waals surface area contributed by atoms with Crippen LogP contribution in [0.15, 0.2) is 23.6 Å². The van der Waals surface area contributed by atoms with E-state index in [4.69, 9.17) is 5.73 Å². The number of carbonyl (C=O) groups is 1. The van der Waals surface area contributed by atoms with Gasteiger partial charge >= 0.3 is 0 Å². The van der Waals surface area contributed by atoms with Crippen molar-refractivity contribution in [2.75, 3.05) is 5.32 Å². The second kappa shape index (κ2) is 6.70. The van der Waals surface area contributed by atoms with Crippen LogP contribution in [-0.2, 0) is 4.79 Å². The maximum atomic E-state index is 11.8. The topological polar surface area (TPSA) is 83.8 Å². The Morgan fingerprint density at radius 3 is 2.84 bits per heavy atom. The molecule has 2 aromatic rings. The number of amides is 1. The van der Waals surface area contributed by atoms with Crippen LogP contribution < -0.4 is 11.1 Å². The molecule has 7 heteroatoms. The smallest absolute Gasteiger partial charge is 0.242 e. The molecule has 104 valence electrons. The first-order valence-electron chi connectivity index (χ1n) is 5.73. The molecule has 0 radical (unpaired) electrons. The number of anilines is 1. The van der Waals surface area contributed by atoms with E-state index in [-0.39, 0.29) is 24.2 Å². The van der Waals surface area contributed by atoms with Crippen molar-refractivity contribution in [2.45, 2.75) is 19.9 Å². The number of thiophene rings is 1. The number of nitrogens with one attached hydrogen (secondary N) is 2. The van der Waals surface area contributed by atoms with Gasteiger partial charge in [0, 0.05) is 6.07 Å². The van der Waals surface area contributed by atoms with E-state index in [1.165, 1.54) is 0 Å². The van der Waals surface area contributed by atoms with Gasteiger partial charge in [0.25, 0.3) is 0 Å². The van der Waals surface area contributed by atoms with Crippen LogP contribution in [0.2, 0.25) is 0 Å². The van der Waals surface area contributed by atoms with Crippen molar-refractivity contribution in [1.82, 2.24) is 10.2 Å². The fraction of sp³-hybridized carbons (Fsp3) is 0.333. The average Bonchev–Trinajstić information content (AvgIpc) is 2.96. The van der Waals surface area contributed by atoms with Gasteiger partial charge in [0.2, 0.25) is 5.91 Å². The lowest BCUT2D eigenvalue weighted by Gasteiger charge is -2.13. The normalized spacial score (nSPS) is 12.0. The Hall–Kier alpha value is -1.37. The lowest BCUT2D eigenvalue weighted by molar-refractivity contribution is -0.118. The number of halogens is 1. The monoisotopic (exact) mass is 300 g/mol. The SMILES string of the molecule is CC(C)[C@H](N)C(=O)Nc1cc(-c2cccs2)[nH]n1.Cl. The van der Waals surface area contributed by atoms with Crippen LogP contribution in [-0.4, -0.2) is 22.1 Å². The highest BCUT2D eigenvalue weighted by Gasteiger charge is 2.18. The minimum atomic E-state index is -0.521. The fourth-order valence-electron chi connectivity index (χ4n) is 1.46. The highest BCUT2D eigenvalue weighted by molar-refractivity contribution is 7.13. The maximum absolute atomic E-state index is 11.8. The van der Waals surface area contributed by atoms with Crippen LogP contribution >= 0.6 is 23.7 Å². The molecule has 0 saturated carbocycles. The third kappa shape index (κ3) is 3.79. The Balaban J connectivity index is 0.00000180. The van der Waals surface area contributed by atoms with E-state index in [0.717, 1.165) is 10.6 Å². The molecular weight excluding hydrogens is 284 g/mol. The van der Waals surface area contributed by atoms with Gasteiger partial charge in [-0.1, -0.05) is 19.9 Å². The molecule has 4 N–H and O–H groups in total. The van der Waals surface area contributed by atoms with Crippen LogP contribution in [0.3, 0.4) is 0 Å². The van der Waals surface area contributed by atoms with Gasteiger partial charge in [-0.25, -0.2) is 0 Å². The summed E-state index contributed by atoms with van der Waals surface area (Å²) in [6, 6.07) is 5.24. The summed E-state index contributed by atoms with van der Waals surface area (Å²) in [6.45, 7) is 3.82. The van der Waals surface area contributed by atoms with Crippen LogP contribution in [0.5, 0.6) is 0 Å². The van der Waals surface area contributed by atoms with E-state index in [1.807, 2.05) is 31.4 Å². The minimum absolute atomic E-state index is 0. The highest BCUT2D eigenvalue weighted by atomic mass is 35.5. The predicted octanol–water partition coefficient (Wildman–Crippen LogP) is 2.48. The van der Waals surface area contributed by atoms with Crippen LogP contribution in [0.25, 0.3) is 10.6 Å². The Labute approximate surface area is 122 Å². The second-order valence-corrected chi connectivity index (χ2v) is 5.35. The van der Waals surface area contributed by atoms with E-state index >= 15 is 0 Å². The number of aromatic nitrogens is 2. The fourth-order valence-corrected chi connectivity index (χ4v) is 2.15. The summed E-state index contributed by atoms with van der Waals surface area (Å²) < 4.78 is 0. The summed E-state index contributed by atoms with van der Waals surface area (Å²) in [5.41, 5.74) is 6.65. The molecule has 2 aromatic heterocycles. The van der Waals surface area contributed by atoms with E-state index in [2.05, 4.69) is 15.5 Å². The number of hydrogen-bond donors (Lipinski definition) is 3. The highest BCUT2D eigenvalue weighted by Crippen LogP contribution is 2.24. The molecule has 0 aliphatic heterocycles. The molecule has 1 atom stereocenters. The van der Waals surface area contributed by atoms with Gasteiger partial charge in [-0.15, -0.1) is 23.7 Å². The first kappa shape index (κ1) is 15.7. The number of hydrogen-bond acceptors (Lipinski definition) is 4. The first-order valence-corrected chi connectivity index (χ1v) is 6.61. The molecule has 2 heterocycles. The molecule has 0 unspecified atom stereocenters. The van der Waals surface area contributed by atoms with Gasteiger partial charge in [-0.3, -0.25) is 9.89 Å². The maximum Gasteiger partial charge on any atom is 0.242 e. The van der Waals surface area contributed by atoms with Crippen molar-refractivity contribution in [3.8, 4) is 10.6 Å². The minimum Gasteiger partial charge on any atom is -0.320 e. The zero-order chi connectivity index (χ0) is 13.1. The van der Waals surface area contributed by atoms with Crippen LogP contribution in [0.4, 0.5) is 5.82 Å². The zero-order valence-electron chi connectivity index (χ0n) is 10.7. The lowest BCUT2D eigenvalue weighted by Crippen LogP contribution is -2.39. The Bertz CT molecular complexity index is 524. The molecule has 0 aromatic carbocycles. The van der Waals surface area contributed by atoms with E-state index < -0.39 is 6.04 Å². The molecule has 0 fully saturated rings. The van der Waals surface area contributed by atoms with Gasteiger partial charge in [0.1, 0.15) is 0 Å². The summed E-state index contributed by atoms with van der Waals surface area (Å²) in [6.07, 6.45) is 0. The quantitative estimate of drug-likeness (QED) is 0.811. The van der Waals surface area contributed by atoms with Crippen molar-refractivity contribution in [2.24, 2.45) is 11.7 Å². The van der Waals surface area contributed by atoms with Gasteiger partial charge in [0.15, 0.2) is 5.82 Å². The molecule has 0 saturated heterocycles. The number of carbonyl (C=O) groups excluding carboxylic acids is 1. The summed E-state index contributed by atoms with van der Waals surface area (Å²) >= 11 is 1.61. The van der Waals surface area contributed by atoms with Gasteiger partial charge in [0.05, 0.1) is 16.6 Å². The van der Waals surface area contributed by atoms with Crippen LogP contribution in [0.1, 0.15) is 13.8 Å². The van der Waals surface area contributed by atoms with Gasteiger partial charge in [-0.05, 0) is 17.4 Å². The summed E-state index contributed by atoms with van der Waals surface area (Å²) in [5.74, 6) is 0.384. The number of aromatic amines is 1. The van der Waals surface area contributed by atoms with Crippen molar-refractivity contribution in [3.63, 3.8) is 0 Å². The second-order valence-electron chi connectivity index (χ2n) is 4.40. The zero-order valence-corrected chi connectivity index (χ0v) is 12.3. The third-order valence-electron chi connectivity index (χ3n) is 2.64. The summed E-state index contributed by atoms with van der Waals surface area (Å²) in [5, 5.41) is 11.6. The molecule has 0 aliphatic rings. The summed E-state index contributed by atoms with van der Waals surface area (Å²) in [7, 11) is 0. The molecule has 1 amide bonds. The number of H-pyrrole nitrogens is 1. The Morgan fingerprint density at radius 2 is 2.26 bits per heavy atom. The number of rotatable bonds is 4. The standard InChI is InChI=1S/C12H16N4OS.ClH/c1-7(2)11(13)12(17)14-10-6-8(15-16-10)9-4-3-5-18-9;/h3-7,11H,13H2,1-2H3,(H2,14,15,16,17);1H/t11-;/m0./s1. The molecule has 19 heavy (non-hydrogen) atoms. The molecule has 5 nitrogen and oxygen atoms in total. The van der Waals surface area contributed by atoms with Crippen molar-refractivity contribution in [3.05, 3.63) is 23.6 Å². The Morgan fingerprint density at radius 1 is 1.53 bits per heavy atom. The van der Waals surface area contributed by atoms with Gasteiger partial charge < -0.3 is 11.1 Å². The van der Waals surface area contributed by atoms with Crippen molar-refractivity contribution < 1.29 is 4.79 Å². The molecule has 0 spiro atoms. The first-order chi connectivity index (χ1) is 8.58. The molecular formula is C12H17ClN4OS. The van der Waals surface area contributed by atoms with E-state index in [1.54, 1.807) is 17.4 Å². The van der Waals surface area contributed by atoms with E-state index in [9.17, 15) is 4.79 Å². The average molecular weight is 301 g/mol. The predicted molar refractivity (Wildman–Crippen MR) is 80.6 cm³/mol. The molecule has 0 bridgehead atoms. The number of nitrogens with two attached hydrogens (primary N) is 1. The van der Waals surface area contributed by atoms with E-state index in [0.29, 0.717) is 5.82 Å². The molecule has 2 rings (SSSR count). The Kier molecular flexibility index (Phi) is 5.53. The summed E-state index contributed by atoms with van der Waals surface area (Å²) in [4.78, 5) is 12.8. The molecule has 0 aliphatic carbocycles. The largest absolute Gasteiger partial charge is 0.320 e.